The van der Waals surface area contributed by atoms with Crippen LogP contribution in [0.25, 0.3) is 27.7 Å². The number of furan rings is 1. The van der Waals surface area contributed by atoms with Gasteiger partial charge in [-0.05, 0) is 43.2 Å². The molecular formula is C24H27NO5. The van der Waals surface area contributed by atoms with E-state index in [0.717, 1.165) is 44.5 Å². The largest absolute Gasteiger partial charge is 0.497 e. The molecule has 0 aliphatic carbocycles. The van der Waals surface area contributed by atoms with Crippen molar-refractivity contribution in [1.29, 1.82) is 0 Å². The number of benzene rings is 2. The summed E-state index contributed by atoms with van der Waals surface area (Å²) in [5.41, 5.74) is 5.28. The Bertz CT molecular complexity index is 1060. The molecule has 3 rings (SSSR count). The van der Waals surface area contributed by atoms with Gasteiger partial charge in [0.1, 0.15) is 17.1 Å². The number of aryl methyl sites for hydroxylation is 1. The molecule has 6 heteroatoms. The van der Waals surface area contributed by atoms with Crippen molar-refractivity contribution in [2.45, 2.75) is 13.8 Å². The van der Waals surface area contributed by atoms with Gasteiger partial charge < -0.3 is 23.9 Å². The fraction of sp³-hybridized carbons (Fsp3) is 0.292. The smallest absolute Gasteiger partial charge is 0.244 e. The van der Waals surface area contributed by atoms with Gasteiger partial charge in [-0.3, -0.25) is 4.79 Å². The number of allylic oxidation sites excluding steroid dienone is 1. The second kappa shape index (κ2) is 9.50. The number of amides is 1. The Morgan fingerprint density at radius 3 is 2.50 bits per heavy atom. The maximum Gasteiger partial charge on any atom is 0.244 e. The highest BCUT2D eigenvalue weighted by molar-refractivity contribution is 6.01. The summed E-state index contributed by atoms with van der Waals surface area (Å²) in [6, 6.07) is 9.84. The first-order chi connectivity index (χ1) is 14.5. The van der Waals surface area contributed by atoms with E-state index in [4.69, 9.17) is 18.6 Å². The Morgan fingerprint density at radius 1 is 1.13 bits per heavy atom. The van der Waals surface area contributed by atoms with Crippen LogP contribution in [0.15, 0.2) is 47.1 Å². The van der Waals surface area contributed by atoms with E-state index in [-0.39, 0.29) is 5.91 Å². The molecule has 0 radical (unpaired) electrons. The second-order valence-corrected chi connectivity index (χ2v) is 6.95. The van der Waals surface area contributed by atoms with Crippen LogP contribution in [0.1, 0.15) is 18.1 Å². The Hall–Kier alpha value is -3.25. The van der Waals surface area contributed by atoms with Crippen LogP contribution >= 0.6 is 0 Å². The van der Waals surface area contributed by atoms with Crippen LogP contribution in [-0.4, -0.2) is 40.4 Å². The van der Waals surface area contributed by atoms with E-state index < -0.39 is 0 Å². The number of fused-ring (bicyclic) bond motifs is 1. The SMILES string of the molecule is COCCNC(=O)/C=C(\C)c1cc2c(-c3ccc(OC)cc3)coc2c(C)c1OC. The number of nitrogens with one attached hydrogen (secondary N) is 1. The minimum atomic E-state index is -0.174. The zero-order chi connectivity index (χ0) is 21.7. The average molecular weight is 409 g/mol. The Morgan fingerprint density at radius 2 is 1.87 bits per heavy atom. The lowest BCUT2D eigenvalue weighted by Crippen LogP contribution is -2.25. The molecule has 6 nitrogen and oxygen atoms in total. The average Bonchev–Trinajstić information content (AvgIpc) is 3.18. The Labute approximate surface area is 176 Å². The standard InChI is InChI=1S/C24H27NO5/c1-15(12-22(26)25-10-11-27-3)19-13-20-21(17-6-8-18(28-4)9-7-17)14-30-24(20)16(2)23(19)29-5/h6-9,12-14H,10-11H2,1-5H3,(H,25,26)/b15-12+. The van der Waals surface area contributed by atoms with Crippen LogP contribution in [0.5, 0.6) is 11.5 Å². The summed E-state index contributed by atoms with van der Waals surface area (Å²) in [5, 5.41) is 3.76. The lowest BCUT2D eigenvalue weighted by molar-refractivity contribution is -0.116. The highest BCUT2D eigenvalue weighted by Crippen LogP contribution is 2.40. The van der Waals surface area contributed by atoms with Gasteiger partial charge in [-0.25, -0.2) is 0 Å². The molecule has 0 spiro atoms. The van der Waals surface area contributed by atoms with Crippen LogP contribution in [0.2, 0.25) is 0 Å². The first kappa shape index (κ1) is 21.5. The third kappa shape index (κ3) is 4.33. The van der Waals surface area contributed by atoms with Gasteiger partial charge in [0.25, 0.3) is 0 Å². The molecule has 0 bridgehead atoms. The minimum Gasteiger partial charge on any atom is -0.497 e. The van der Waals surface area contributed by atoms with Gasteiger partial charge in [0.15, 0.2) is 0 Å². The number of ether oxygens (including phenoxy) is 3. The summed E-state index contributed by atoms with van der Waals surface area (Å²) in [6.07, 6.45) is 3.32. The van der Waals surface area contributed by atoms with E-state index in [1.807, 2.05) is 44.2 Å². The third-order valence-electron chi connectivity index (χ3n) is 5.03. The topological polar surface area (TPSA) is 69.9 Å². The molecule has 158 valence electrons. The Balaban J connectivity index is 2.06. The summed E-state index contributed by atoms with van der Waals surface area (Å²) in [7, 11) is 4.86. The van der Waals surface area contributed by atoms with Crippen molar-refractivity contribution < 1.29 is 23.4 Å². The summed E-state index contributed by atoms with van der Waals surface area (Å²) < 4.78 is 21.8. The van der Waals surface area contributed by atoms with E-state index in [2.05, 4.69) is 5.32 Å². The maximum absolute atomic E-state index is 12.2. The fourth-order valence-corrected chi connectivity index (χ4v) is 3.47. The van der Waals surface area contributed by atoms with E-state index in [0.29, 0.717) is 18.9 Å². The third-order valence-corrected chi connectivity index (χ3v) is 5.03. The van der Waals surface area contributed by atoms with Crippen LogP contribution in [0.3, 0.4) is 0 Å². The van der Waals surface area contributed by atoms with Gasteiger partial charge in [-0.1, -0.05) is 12.1 Å². The van der Waals surface area contributed by atoms with Crippen molar-refractivity contribution >= 4 is 22.4 Å². The van der Waals surface area contributed by atoms with Gasteiger partial charge in [-0.2, -0.15) is 0 Å². The molecular weight excluding hydrogens is 382 g/mol. The van der Waals surface area contributed by atoms with Crippen LogP contribution < -0.4 is 14.8 Å². The van der Waals surface area contributed by atoms with Crippen molar-refractivity contribution in [3.8, 4) is 22.6 Å². The normalized spacial score (nSPS) is 11.6. The molecule has 0 saturated heterocycles. The summed E-state index contributed by atoms with van der Waals surface area (Å²) in [4.78, 5) is 12.2. The van der Waals surface area contributed by atoms with Gasteiger partial charge in [-0.15, -0.1) is 0 Å². The van der Waals surface area contributed by atoms with E-state index >= 15 is 0 Å². The molecule has 1 N–H and O–H groups in total. The molecule has 0 aliphatic heterocycles. The number of hydrogen-bond donors (Lipinski definition) is 1. The number of methoxy groups -OCH3 is 3. The number of carbonyl (C=O) groups is 1. The van der Waals surface area contributed by atoms with Crippen LogP contribution in [0.4, 0.5) is 0 Å². The van der Waals surface area contributed by atoms with Gasteiger partial charge in [0.05, 0.1) is 27.1 Å². The van der Waals surface area contributed by atoms with Gasteiger partial charge in [0, 0.05) is 41.8 Å². The first-order valence-electron chi connectivity index (χ1n) is 9.68. The van der Waals surface area contributed by atoms with Crippen molar-refractivity contribution in [3.63, 3.8) is 0 Å². The molecule has 0 saturated carbocycles. The van der Waals surface area contributed by atoms with Gasteiger partial charge >= 0.3 is 0 Å². The van der Waals surface area contributed by atoms with Crippen molar-refractivity contribution in [2.75, 3.05) is 34.5 Å². The fourth-order valence-electron chi connectivity index (χ4n) is 3.47. The summed E-state index contributed by atoms with van der Waals surface area (Å²) in [6.45, 7) is 4.77. The molecule has 0 aliphatic rings. The van der Waals surface area contributed by atoms with Crippen LogP contribution in [-0.2, 0) is 9.53 Å². The summed E-state index contributed by atoms with van der Waals surface area (Å²) >= 11 is 0. The van der Waals surface area contributed by atoms with E-state index in [1.54, 1.807) is 33.7 Å². The molecule has 30 heavy (non-hydrogen) atoms. The molecule has 0 atom stereocenters. The number of carbonyl (C=O) groups excluding carboxylic acids is 1. The molecule has 0 unspecified atom stereocenters. The van der Waals surface area contributed by atoms with Gasteiger partial charge in [0.2, 0.25) is 5.91 Å². The molecule has 0 fully saturated rings. The number of hydrogen-bond acceptors (Lipinski definition) is 5. The zero-order valence-electron chi connectivity index (χ0n) is 18.0. The molecule has 1 heterocycles. The lowest BCUT2D eigenvalue weighted by Gasteiger charge is -2.13. The maximum atomic E-state index is 12.2. The zero-order valence-corrected chi connectivity index (χ0v) is 18.0. The lowest BCUT2D eigenvalue weighted by atomic mass is 9.96. The molecule has 2 aromatic carbocycles. The van der Waals surface area contributed by atoms with Crippen molar-refractivity contribution in [2.24, 2.45) is 0 Å². The second-order valence-electron chi connectivity index (χ2n) is 6.95. The molecule has 1 amide bonds. The minimum absolute atomic E-state index is 0.174. The first-order valence-corrected chi connectivity index (χ1v) is 9.68. The van der Waals surface area contributed by atoms with E-state index in [9.17, 15) is 4.79 Å². The summed E-state index contributed by atoms with van der Waals surface area (Å²) in [5.74, 6) is 1.31. The van der Waals surface area contributed by atoms with E-state index in [1.165, 1.54) is 0 Å². The predicted molar refractivity (Wildman–Crippen MR) is 118 cm³/mol. The van der Waals surface area contributed by atoms with Crippen molar-refractivity contribution in [3.05, 3.63) is 53.8 Å². The monoisotopic (exact) mass is 409 g/mol. The highest BCUT2D eigenvalue weighted by atomic mass is 16.5. The quantitative estimate of drug-likeness (QED) is 0.435. The molecule has 1 aromatic heterocycles. The van der Waals surface area contributed by atoms with Crippen LogP contribution in [0, 0.1) is 6.92 Å². The number of rotatable bonds is 8. The highest BCUT2D eigenvalue weighted by Gasteiger charge is 2.18. The Kier molecular flexibility index (Phi) is 6.79. The van der Waals surface area contributed by atoms with Crippen molar-refractivity contribution in [1.82, 2.24) is 5.32 Å². The molecule has 3 aromatic rings. The predicted octanol–water partition coefficient (Wildman–Crippen LogP) is 4.59.